The predicted molar refractivity (Wildman–Crippen MR) is 96.3 cm³/mol. The molecule has 0 aliphatic rings. The van der Waals surface area contributed by atoms with Gasteiger partial charge < -0.3 is 10.1 Å². The molecule has 142 valence electrons. The number of halogens is 3. The monoisotopic (exact) mass is 377 g/mol. The van der Waals surface area contributed by atoms with E-state index in [9.17, 15) is 18.0 Å². The number of imidazole rings is 1. The first-order chi connectivity index (χ1) is 12.8. The normalized spacial score (nSPS) is 11.6. The molecule has 1 heterocycles. The summed E-state index contributed by atoms with van der Waals surface area (Å²) in [5.74, 6) is -0.411. The molecule has 0 fully saturated rings. The molecule has 0 amide bonds. The molecule has 1 aromatic heterocycles. The Kier molecular flexibility index (Phi) is 5.07. The van der Waals surface area contributed by atoms with Gasteiger partial charge in [-0.1, -0.05) is 6.07 Å². The number of fused-ring (bicyclic) bond motifs is 1. The first-order valence-electron chi connectivity index (χ1n) is 8.26. The zero-order chi connectivity index (χ0) is 19.6. The standard InChI is InChI=1S/C19H18F3N3O2/c1-12-10-13(6-7-14(12)18(26)27-2)25-11-24-17-15(4-3-5-16(17)25)23-9-8-19(20,21)22/h3-7,10-11,23H,8-9H2,1-2H3. The zero-order valence-electron chi connectivity index (χ0n) is 14.8. The van der Waals surface area contributed by atoms with Gasteiger partial charge in [-0.25, -0.2) is 9.78 Å². The molecule has 0 unspecified atom stereocenters. The van der Waals surface area contributed by atoms with Crippen molar-refractivity contribution in [2.75, 3.05) is 19.0 Å². The highest BCUT2D eigenvalue weighted by atomic mass is 19.4. The molecular formula is C19H18F3N3O2. The van der Waals surface area contributed by atoms with E-state index in [1.54, 1.807) is 37.5 Å². The highest BCUT2D eigenvalue weighted by Gasteiger charge is 2.26. The molecule has 3 rings (SSSR count). The third kappa shape index (κ3) is 4.05. The molecule has 0 bridgehead atoms. The van der Waals surface area contributed by atoms with E-state index in [0.29, 0.717) is 16.8 Å². The van der Waals surface area contributed by atoms with Crippen LogP contribution in [-0.2, 0) is 4.74 Å². The lowest BCUT2D eigenvalue weighted by Crippen LogP contribution is -2.14. The Bertz CT molecular complexity index is 980. The molecule has 1 N–H and O–H groups in total. The Labute approximate surface area is 153 Å². The van der Waals surface area contributed by atoms with Gasteiger partial charge in [0.1, 0.15) is 11.8 Å². The van der Waals surface area contributed by atoms with Crippen LogP contribution in [0.4, 0.5) is 18.9 Å². The van der Waals surface area contributed by atoms with Crippen molar-refractivity contribution in [2.24, 2.45) is 0 Å². The van der Waals surface area contributed by atoms with Crippen LogP contribution in [0.3, 0.4) is 0 Å². The molecule has 8 heteroatoms. The Hall–Kier alpha value is -3.03. The van der Waals surface area contributed by atoms with Gasteiger partial charge in [-0.2, -0.15) is 13.2 Å². The van der Waals surface area contributed by atoms with Gasteiger partial charge in [0, 0.05) is 12.2 Å². The number of methoxy groups -OCH3 is 1. The average Bonchev–Trinajstić information content (AvgIpc) is 3.05. The molecule has 0 atom stereocenters. The number of benzene rings is 2. The summed E-state index contributed by atoms with van der Waals surface area (Å²) >= 11 is 0. The number of alkyl halides is 3. The summed E-state index contributed by atoms with van der Waals surface area (Å²) < 4.78 is 43.6. The number of ether oxygens (including phenoxy) is 1. The van der Waals surface area contributed by atoms with Gasteiger partial charge >= 0.3 is 12.1 Å². The molecule has 0 spiro atoms. The quantitative estimate of drug-likeness (QED) is 0.666. The number of nitrogens with one attached hydrogen (secondary N) is 1. The summed E-state index contributed by atoms with van der Waals surface area (Å²) in [5.41, 5.74) is 3.88. The fraction of sp³-hybridized carbons (Fsp3) is 0.263. The lowest BCUT2D eigenvalue weighted by atomic mass is 10.1. The number of aryl methyl sites for hydroxylation is 1. The molecule has 2 aromatic carbocycles. The van der Waals surface area contributed by atoms with Crippen LogP contribution in [0.1, 0.15) is 22.3 Å². The van der Waals surface area contributed by atoms with Crippen LogP contribution in [0.15, 0.2) is 42.7 Å². The summed E-state index contributed by atoms with van der Waals surface area (Å²) in [6.07, 6.45) is -3.52. The molecule has 0 saturated heterocycles. The molecular weight excluding hydrogens is 359 g/mol. The number of hydrogen-bond donors (Lipinski definition) is 1. The third-order valence-corrected chi connectivity index (χ3v) is 4.19. The van der Waals surface area contributed by atoms with Gasteiger partial charge in [-0.15, -0.1) is 0 Å². The summed E-state index contributed by atoms with van der Waals surface area (Å²) in [4.78, 5) is 16.1. The number of para-hydroxylation sites is 1. The lowest BCUT2D eigenvalue weighted by Gasteiger charge is -2.11. The van der Waals surface area contributed by atoms with Crippen LogP contribution in [0.5, 0.6) is 0 Å². The number of anilines is 1. The van der Waals surface area contributed by atoms with Crippen LogP contribution < -0.4 is 5.32 Å². The predicted octanol–water partition coefficient (Wildman–Crippen LogP) is 4.48. The summed E-state index contributed by atoms with van der Waals surface area (Å²) in [6.45, 7) is 1.58. The van der Waals surface area contributed by atoms with Gasteiger partial charge in [-0.05, 0) is 42.8 Å². The van der Waals surface area contributed by atoms with Crippen molar-refractivity contribution in [2.45, 2.75) is 19.5 Å². The number of aromatic nitrogens is 2. The van der Waals surface area contributed by atoms with E-state index in [1.807, 2.05) is 16.7 Å². The molecule has 27 heavy (non-hydrogen) atoms. The number of carbonyl (C=O) groups excluding carboxylic acids is 1. The van der Waals surface area contributed by atoms with Gasteiger partial charge in [0.15, 0.2) is 0 Å². The van der Waals surface area contributed by atoms with E-state index >= 15 is 0 Å². The van der Waals surface area contributed by atoms with E-state index in [0.717, 1.165) is 16.8 Å². The second kappa shape index (κ2) is 7.30. The van der Waals surface area contributed by atoms with Gasteiger partial charge in [0.05, 0.1) is 30.3 Å². The van der Waals surface area contributed by atoms with Crippen LogP contribution >= 0.6 is 0 Å². The topological polar surface area (TPSA) is 56.2 Å². The van der Waals surface area contributed by atoms with E-state index in [1.165, 1.54) is 7.11 Å². The van der Waals surface area contributed by atoms with Gasteiger partial charge in [-0.3, -0.25) is 4.57 Å². The molecule has 0 saturated carbocycles. The van der Waals surface area contributed by atoms with Crippen molar-refractivity contribution >= 4 is 22.7 Å². The Balaban J connectivity index is 1.92. The molecule has 0 aliphatic carbocycles. The maximum Gasteiger partial charge on any atom is 0.390 e. The number of esters is 1. The zero-order valence-corrected chi connectivity index (χ0v) is 14.8. The molecule has 0 radical (unpaired) electrons. The fourth-order valence-electron chi connectivity index (χ4n) is 2.86. The van der Waals surface area contributed by atoms with E-state index < -0.39 is 18.6 Å². The number of nitrogens with zero attached hydrogens (tertiary/aromatic N) is 2. The minimum atomic E-state index is -4.21. The van der Waals surface area contributed by atoms with Crippen LogP contribution in [0.25, 0.3) is 16.7 Å². The van der Waals surface area contributed by atoms with Crippen LogP contribution in [-0.4, -0.2) is 35.4 Å². The summed E-state index contributed by atoms with van der Waals surface area (Å²) in [6, 6.07) is 10.6. The van der Waals surface area contributed by atoms with E-state index in [2.05, 4.69) is 10.3 Å². The highest BCUT2D eigenvalue weighted by molar-refractivity contribution is 5.92. The summed E-state index contributed by atoms with van der Waals surface area (Å²) in [5, 5.41) is 2.80. The van der Waals surface area contributed by atoms with Crippen molar-refractivity contribution < 1.29 is 22.7 Å². The van der Waals surface area contributed by atoms with Crippen LogP contribution in [0, 0.1) is 6.92 Å². The van der Waals surface area contributed by atoms with Crippen molar-refractivity contribution in [3.63, 3.8) is 0 Å². The van der Waals surface area contributed by atoms with Crippen molar-refractivity contribution in [1.82, 2.24) is 9.55 Å². The largest absolute Gasteiger partial charge is 0.465 e. The third-order valence-electron chi connectivity index (χ3n) is 4.19. The number of hydrogen-bond acceptors (Lipinski definition) is 4. The van der Waals surface area contributed by atoms with Crippen molar-refractivity contribution in [3.8, 4) is 5.69 Å². The van der Waals surface area contributed by atoms with Crippen molar-refractivity contribution in [1.29, 1.82) is 0 Å². The van der Waals surface area contributed by atoms with Crippen LogP contribution in [0.2, 0.25) is 0 Å². The molecule has 0 aliphatic heterocycles. The second-order valence-corrected chi connectivity index (χ2v) is 6.07. The SMILES string of the molecule is COC(=O)c1ccc(-n2cnc3c(NCCC(F)(F)F)cccc32)cc1C. The number of rotatable bonds is 5. The van der Waals surface area contributed by atoms with Gasteiger partial charge in [0.2, 0.25) is 0 Å². The van der Waals surface area contributed by atoms with E-state index in [4.69, 9.17) is 4.74 Å². The average molecular weight is 377 g/mol. The fourth-order valence-corrected chi connectivity index (χ4v) is 2.86. The Morgan fingerprint density at radius 1 is 1.26 bits per heavy atom. The van der Waals surface area contributed by atoms with Gasteiger partial charge in [0.25, 0.3) is 0 Å². The smallest absolute Gasteiger partial charge is 0.390 e. The highest BCUT2D eigenvalue weighted by Crippen LogP contribution is 2.26. The Morgan fingerprint density at radius 2 is 2.04 bits per heavy atom. The summed E-state index contributed by atoms with van der Waals surface area (Å²) in [7, 11) is 1.33. The molecule has 3 aromatic rings. The second-order valence-electron chi connectivity index (χ2n) is 6.07. The minimum Gasteiger partial charge on any atom is -0.465 e. The molecule has 5 nitrogen and oxygen atoms in total. The Morgan fingerprint density at radius 3 is 2.70 bits per heavy atom. The number of carbonyl (C=O) groups is 1. The first-order valence-corrected chi connectivity index (χ1v) is 8.26. The first kappa shape index (κ1) is 18.8. The minimum absolute atomic E-state index is 0.220. The van der Waals surface area contributed by atoms with E-state index in [-0.39, 0.29) is 6.54 Å². The van der Waals surface area contributed by atoms with Crippen molar-refractivity contribution in [3.05, 3.63) is 53.9 Å². The maximum atomic E-state index is 12.4. The maximum absolute atomic E-state index is 12.4. The lowest BCUT2D eigenvalue weighted by molar-refractivity contribution is -0.131.